The minimum Gasteiger partial charge on any atom is -0.438 e. The van der Waals surface area contributed by atoms with E-state index in [9.17, 15) is 13.2 Å². The van der Waals surface area contributed by atoms with Crippen LogP contribution in [0.3, 0.4) is 0 Å². The minimum absolute atomic E-state index is 0.182. The Morgan fingerprint density at radius 2 is 1.79 bits per heavy atom. The average molecular weight is 396 g/mol. The van der Waals surface area contributed by atoms with Crippen molar-refractivity contribution in [3.8, 4) is 11.6 Å². The highest BCUT2D eigenvalue weighted by Gasteiger charge is 2.18. The predicted octanol–water partition coefficient (Wildman–Crippen LogP) is 3.70. The van der Waals surface area contributed by atoms with Crippen molar-refractivity contribution in [1.29, 1.82) is 0 Å². The molecular weight excluding hydrogens is 376 g/mol. The van der Waals surface area contributed by atoms with Crippen molar-refractivity contribution in [3.63, 3.8) is 0 Å². The average Bonchev–Trinajstić information content (AvgIpc) is 2.66. The van der Waals surface area contributed by atoms with Crippen LogP contribution < -0.4 is 10.1 Å². The SMILES string of the molecule is CC(/C=C/S(C)(=O)=O)NC(=O)c1cc2ccccc2nc1Oc1ccccc1. The van der Waals surface area contributed by atoms with Gasteiger partial charge in [-0.1, -0.05) is 42.5 Å². The Morgan fingerprint density at radius 1 is 1.11 bits per heavy atom. The molecule has 0 fully saturated rings. The molecule has 1 aromatic heterocycles. The molecule has 0 bridgehead atoms. The molecule has 1 amide bonds. The Morgan fingerprint density at radius 3 is 2.50 bits per heavy atom. The van der Waals surface area contributed by atoms with Gasteiger partial charge < -0.3 is 10.1 Å². The number of nitrogens with one attached hydrogen (secondary N) is 1. The maximum Gasteiger partial charge on any atom is 0.257 e. The normalized spacial score (nSPS) is 12.8. The first-order chi connectivity index (χ1) is 13.3. The third-order valence-electron chi connectivity index (χ3n) is 3.86. The molecular formula is C21H20N2O4S. The number of rotatable bonds is 6. The van der Waals surface area contributed by atoms with Gasteiger partial charge in [-0.25, -0.2) is 13.4 Å². The minimum atomic E-state index is -3.27. The summed E-state index contributed by atoms with van der Waals surface area (Å²) in [5, 5.41) is 4.62. The molecule has 1 heterocycles. The van der Waals surface area contributed by atoms with Crippen molar-refractivity contribution in [3.05, 3.63) is 77.7 Å². The van der Waals surface area contributed by atoms with Crippen LogP contribution in [0.25, 0.3) is 10.9 Å². The number of hydrogen-bond donors (Lipinski definition) is 1. The molecule has 0 spiro atoms. The summed E-state index contributed by atoms with van der Waals surface area (Å²) in [5.74, 6) is 0.334. The van der Waals surface area contributed by atoms with Crippen molar-refractivity contribution in [1.82, 2.24) is 10.3 Å². The number of nitrogens with zero attached hydrogens (tertiary/aromatic N) is 1. The molecule has 1 unspecified atom stereocenters. The van der Waals surface area contributed by atoms with Crippen molar-refractivity contribution < 1.29 is 17.9 Å². The molecule has 2 aromatic carbocycles. The fraction of sp³-hybridized carbons (Fsp3) is 0.143. The first-order valence-electron chi connectivity index (χ1n) is 8.63. The Bertz CT molecular complexity index is 1130. The lowest BCUT2D eigenvalue weighted by molar-refractivity contribution is 0.0944. The second-order valence-electron chi connectivity index (χ2n) is 6.37. The number of ether oxygens (including phenoxy) is 1. The summed E-state index contributed by atoms with van der Waals surface area (Å²) in [7, 11) is -3.27. The molecule has 28 heavy (non-hydrogen) atoms. The zero-order chi connectivity index (χ0) is 20.1. The van der Waals surface area contributed by atoms with Crippen molar-refractivity contribution in [2.45, 2.75) is 13.0 Å². The maximum absolute atomic E-state index is 12.8. The number of sulfone groups is 1. The van der Waals surface area contributed by atoms with Gasteiger partial charge in [-0.2, -0.15) is 0 Å². The van der Waals surface area contributed by atoms with Gasteiger partial charge in [0, 0.05) is 23.1 Å². The van der Waals surface area contributed by atoms with Crippen LogP contribution in [0.2, 0.25) is 0 Å². The summed E-state index contributed by atoms with van der Waals surface area (Å²) >= 11 is 0. The van der Waals surface area contributed by atoms with Crippen LogP contribution in [0.5, 0.6) is 11.6 Å². The third kappa shape index (κ3) is 5.17. The van der Waals surface area contributed by atoms with Gasteiger partial charge in [0.05, 0.1) is 5.52 Å². The van der Waals surface area contributed by atoms with Gasteiger partial charge in [0.15, 0.2) is 9.84 Å². The molecule has 3 aromatic rings. The van der Waals surface area contributed by atoms with Crippen LogP contribution in [0.4, 0.5) is 0 Å². The van der Waals surface area contributed by atoms with Crippen molar-refractivity contribution in [2.24, 2.45) is 0 Å². The van der Waals surface area contributed by atoms with Gasteiger partial charge in [-0.3, -0.25) is 4.79 Å². The topological polar surface area (TPSA) is 85.4 Å². The molecule has 0 aliphatic carbocycles. The Hall–Kier alpha value is -3.19. The van der Waals surface area contributed by atoms with Gasteiger partial charge >= 0.3 is 0 Å². The lowest BCUT2D eigenvalue weighted by Gasteiger charge is -2.14. The Kier molecular flexibility index (Phi) is 5.75. The number of fused-ring (bicyclic) bond motifs is 1. The second-order valence-corrected chi connectivity index (χ2v) is 8.30. The van der Waals surface area contributed by atoms with Gasteiger partial charge in [0.1, 0.15) is 11.3 Å². The summed E-state index contributed by atoms with van der Waals surface area (Å²) in [6.07, 6.45) is 2.51. The summed E-state index contributed by atoms with van der Waals surface area (Å²) in [6, 6.07) is 17.7. The van der Waals surface area contributed by atoms with E-state index in [1.165, 1.54) is 6.08 Å². The zero-order valence-corrected chi connectivity index (χ0v) is 16.3. The smallest absolute Gasteiger partial charge is 0.257 e. The fourth-order valence-corrected chi connectivity index (χ4v) is 3.05. The molecule has 3 rings (SSSR count). The van der Waals surface area contributed by atoms with E-state index >= 15 is 0 Å². The second kappa shape index (κ2) is 8.22. The van der Waals surface area contributed by atoms with Crippen LogP contribution in [0.1, 0.15) is 17.3 Å². The number of amides is 1. The van der Waals surface area contributed by atoms with E-state index in [1.54, 1.807) is 25.1 Å². The van der Waals surface area contributed by atoms with Gasteiger partial charge in [-0.15, -0.1) is 0 Å². The molecule has 144 valence electrons. The van der Waals surface area contributed by atoms with E-state index < -0.39 is 21.8 Å². The highest BCUT2D eigenvalue weighted by Crippen LogP contribution is 2.27. The zero-order valence-electron chi connectivity index (χ0n) is 15.5. The number of carbonyl (C=O) groups is 1. The summed E-state index contributed by atoms with van der Waals surface area (Å²) in [6.45, 7) is 1.69. The molecule has 0 radical (unpaired) electrons. The highest BCUT2D eigenvalue weighted by molar-refractivity contribution is 7.93. The molecule has 1 N–H and O–H groups in total. The van der Waals surface area contributed by atoms with E-state index in [4.69, 9.17) is 4.74 Å². The number of benzene rings is 2. The molecule has 0 saturated carbocycles. The van der Waals surface area contributed by atoms with Gasteiger partial charge in [0.25, 0.3) is 5.91 Å². The summed E-state index contributed by atoms with van der Waals surface area (Å²) < 4.78 is 28.4. The number of hydrogen-bond acceptors (Lipinski definition) is 5. The first kappa shape index (κ1) is 19.6. The third-order valence-corrected chi connectivity index (χ3v) is 4.52. The Labute approximate surface area is 163 Å². The molecule has 7 heteroatoms. The standard InChI is InChI=1S/C21H20N2O4S/c1-15(12-13-28(2,25)26)22-20(24)18-14-16-8-6-7-11-19(16)23-21(18)27-17-9-4-3-5-10-17/h3-15H,1-2H3,(H,22,24)/b13-12+. The number of aromatic nitrogens is 1. The number of para-hydroxylation sites is 2. The number of pyridine rings is 1. The largest absolute Gasteiger partial charge is 0.438 e. The number of carbonyl (C=O) groups excluding carboxylic acids is 1. The van der Waals surface area contributed by atoms with Crippen LogP contribution >= 0.6 is 0 Å². The van der Waals surface area contributed by atoms with Crippen LogP contribution in [0, 0.1) is 0 Å². The van der Waals surface area contributed by atoms with Crippen LogP contribution in [0.15, 0.2) is 72.1 Å². The molecule has 0 saturated heterocycles. The molecule has 0 aliphatic rings. The summed E-state index contributed by atoms with van der Waals surface area (Å²) in [5.41, 5.74) is 0.970. The lowest BCUT2D eigenvalue weighted by Crippen LogP contribution is -2.31. The molecule has 0 aliphatic heterocycles. The summed E-state index contributed by atoms with van der Waals surface area (Å²) in [4.78, 5) is 17.3. The van der Waals surface area contributed by atoms with E-state index in [-0.39, 0.29) is 11.4 Å². The fourth-order valence-electron chi connectivity index (χ4n) is 2.53. The van der Waals surface area contributed by atoms with Crippen molar-refractivity contribution in [2.75, 3.05) is 6.26 Å². The maximum atomic E-state index is 12.8. The van der Waals surface area contributed by atoms with Crippen LogP contribution in [-0.2, 0) is 9.84 Å². The molecule has 6 nitrogen and oxygen atoms in total. The lowest BCUT2D eigenvalue weighted by atomic mass is 10.1. The van der Waals surface area contributed by atoms with Crippen molar-refractivity contribution >= 4 is 26.6 Å². The molecule has 1 atom stereocenters. The van der Waals surface area contributed by atoms with E-state index in [1.807, 2.05) is 42.5 Å². The van der Waals surface area contributed by atoms with Gasteiger partial charge in [0.2, 0.25) is 5.88 Å². The Balaban J connectivity index is 1.94. The van der Waals surface area contributed by atoms with Gasteiger partial charge in [-0.05, 0) is 31.2 Å². The quantitative estimate of drug-likeness (QED) is 0.687. The van der Waals surface area contributed by atoms with E-state index in [0.29, 0.717) is 11.3 Å². The monoisotopic (exact) mass is 396 g/mol. The predicted molar refractivity (Wildman–Crippen MR) is 109 cm³/mol. The van der Waals surface area contributed by atoms with Crippen LogP contribution in [-0.4, -0.2) is 31.6 Å². The first-order valence-corrected chi connectivity index (χ1v) is 10.6. The van der Waals surface area contributed by atoms with E-state index in [0.717, 1.165) is 17.1 Å². The van der Waals surface area contributed by atoms with E-state index in [2.05, 4.69) is 10.3 Å². The highest BCUT2D eigenvalue weighted by atomic mass is 32.2.